The lowest BCUT2D eigenvalue weighted by atomic mass is 9.66. The summed E-state index contributed by atoms with van der Waals surface area (Å²) in [5, 5.41) is 0. The van der Waals surface area contributed by atoms with E-state index in [0.29, 0.717) is 16.2 Å². The predicted octanol–water partition coefficient (Wildman–Crippen LogP) is 6.16. The highest BCUT2D eigenvalue weighted by Gasteiger charge is 2.32. The quantitative estimate of drug-likeness (QED) is 0.554. The van der Waals surface area contributed by atoms with E-state index in [0.717, 1.165) is 11.8 Å². The van der Waals surface area contributed by atoms with Crippen LogP contribution in [0.15, 0.2) is 0 Å². The van der Waals surface area contributed by atoms with E-state index in [1.165, 1.54) is 12.8 Å². The molecule has 0 aliphatic rings. The molecule has 0 N–H and O–H groups in total. The topological polar surface area (TPSA) is 0 Å². The highest BCUT2D eigenvalue weighted by Crippen LogP contribution is 2.42. The summed E-state index contributed by atoms with van der Waals surface area (Å²) in [4.78, 5) is 0. The summed E-state index contributed by atoms with van der Waals surface area (Å²) in [5.41, 5.74) is 1.30. The zero-order chi connectivity index (χ0) is 14.1. The fraction of sp³-hybridized carbons (Fsp3) is 1.00. The van der Waals surface area contributed by atoms with Crippen molar-refractivity contribution in [2.75, 3.05) is 0 Å². The van der Waals surface area contributed by atoms with E-state index in [9.17, 15) is 0 Å². The average molecular weight is 240 g/mol. The molecule has 0 spiro atoms. The largest absolute Gasteiger partial charge is 0.0620 e. The van der Waals surface area contributed by atoms with Crippen LogP contribution in [-0.4, -0.2) is 0 Å². The predicted molar refractivity (Wildman–Crippen MR) is 80.3 cm³/mol. The monoisotopic (exact) mass is 240 g/mol. The Morgan fingerprint density at radius 2 is 1.12 bits per heavy atom. The van der Waals surface area contributed by atoms with Gasteiger partial charge in [-0.2, -0.15) is 0 Å². The molecule has 104 valence electrons. The maximum Gasteiger partial charge on any atom is -0.0354 e. The summed E-state index contributed by atoms with van der Waals surface area (Å²) in [7, 11) is 0. The summed E-state index contributed by atoms with van der Waals surface area (Å²) in [6, 6.07) is 0. The van der Waals surface area contributed by atoms with Gasteiger partial charge in [-0.25, -0.2) is 0 Å². The lowest BCUT2D eigenvalue weighted by Crippen LogP contribution is -2.30. The molecule has 0 heterocycles. The van der Waals surface area contributed by atoms with Gasteiger partial charge in [-0.3, -0.25) is 0 Å². The van der Waals surface area contributed by atoms with Crippen LogP contribution in [0.5, 0.6) is 0 Å². The van der Waals surface area contributed by atoms with E-state index in [1.807, 2.05) is 0 Å². The van der Waals surface area contributed by atoms with Crippen LogP contribution >= 0.6 is 0 Å². The molecular formula is C17H36. The van der Waals surface area contributed by atoms with Crippen LogP contribution in [0.4, 0.5) is 0 Å². The molecule has 2 atom stereocenters. The third-order valence-electron chi connectivity index (χ3n) is 4.20. The molecule has 0 aromatic heterocycles. The highest BCUT2D eigenvalue weighted by molar-refractivity contribution is 4.83. The Balaban J connectivity index is 4.74. The van der Waals surface area contributed by atoms with Crippen LogP contribution in [0.3, 0.4) is 0 Å². The molecule has 0 bridgehead atoms. The van der Waals surface area contributed by atoms with Crippen molar-refractivity contribution in [3.8, 4) is 0 Å². The standard InChI is InChI=1S/C17H36/c1-13(16(5,6)7)11-14(17(8,9)10)12-15(2,3)4/h13-14H,11-12H2,1-10H3. The second-order valence-electron chi connectivity index (χ2n) is 9.33. The second-order valence-corrected chi connectivity index (χ2v) is 9.33. The van der Waals surface area contributed by atoms with Gasteiger partial charge in [0, 0.05) is 0 Å². The molecule has 0 heteroatoms. The summed E-state index contributed by atoms with van der Waals surface area (Å²) in [6.07, 6.45) is 2.68. The van der Waals surface area contributed by atoms with Gasteiger partial charge in [0.25, 0.3) is 0 Å². The van der Waals surface area contributed by atoms with Crippen LogP contribution < -0.4 is 0 Å². The molecular weight excluding hydrogens is 204 g/mol. The third-order valence-corrected chi connectivity index (χ3v) is 4.20. The van der Waals surface area contributed by atoms with E-state index < -0.39 is 0 Å². The van der Waals surface area contributed by atoms with E-state index in [4.69, 9.17) is 0 Å². The lowest BCUT2D eigenvalue weighted by molar-refractivity contribution is 0.105. The Kier molecular flexibility index (Phi) is 5.33. The van der Waals surface area contributed by atoms with E-state index in [1.54, 1.807) is 0 Å². The van der Waals surface area contributed by atoms with Crippen LogP contribution in [0.2, 0.25) is 0 Å². The van der Waals surface area contributed by atoms with Gasteiger partial charge in [-0.1, -0.05) is 69.2 Å². The Hall–Kier alpha value is 0. The molecule has 0 saturated carbocycles. The first-order chi connectivity index (χ1) is 7.23. The van der Waals surface area contributed by atoms with Gasteiger partial charge in [0.15, 0.2) is 0 Å². The second kappa shape index (κ2) is 5.33. The van der Waals surface area contributed by atoms with Crippen LogP contribution in [0, 0.1) is 28.1 Å². The molecule has 2 unspecified atom stereocenters. The Bertz CT molecular complexity index is 216. The van der Waals surface area contributed by atoms with Gasteiger partial charge in [0.2, 0.25) is 0 Å². The van der Waals surface area contributed by atoms with E-state index >= 15 is 0 Å². The molecule has 0 saturated heterocycles. The Morgan fingerprint density at radius 3 is 1.35 bits per heavy atom. The zero-order valence-electron chi connectivity index (χ0n) is 14.1. The highest BCUT2D eigenvalue weighted by atomic mass is 14.4. The SMILES string of the molecule is CC(CC(CC(C)(C)C)C(C)(C)C)C(C)(C)C. The fourth-order valence-electron chi connectivity index (χ4n) is 2.26. The molecule has 0 amide bonds. The van der Waals surface area contributed by atoms with Crippen molar-refractivity contribution in [3.63, 3.8) is 0 Å². The van der Waals surface area contributed by atoms with Crippen LogP contribution in [0.25, 0.3) is 0 Å². The van der Waals surface area contributed by atoms with E-state index in [-0.39, 0.29) is 0 Å². The summed E-state index contributed by atoms with van der Waals surface area (Å²) >= 11 is 0. The summed E-state index contributed by atoms with van der Waals surface area (Å²) in [5.74, 6) is 1.60. The summed E-state index contributed by atoms with van der Waals surface area (Å²) < 4.78 is 0. The minimum atomic E-state index is 0.423. The van der Waals surface area contributed by atoms with Crippen molar-refractivity contribution in [3.05, 3.63) is 0 Å². The van der Waals surface area contributed by atoms with Crippen molar-refractivity contribution >= 4 is 0 Å². The maximum atomic E-state index is 2.42. The molecule has 0 nitrogen and oxygen atoms in total. The number of hydrogen-bond donors (Lipinski definition) is 0. The van der Waals surface area contributed by atoms with Gasteiger partial charge >= 0.3 is 0 Å². The maximum absolute atomic E-state index is 2.42. The van der Waals surface area contributed by atoms with Gasteiger partial charge in [0.1, 0.15) is 0 Å². The van der Waals surface area contributed by atoms with Crippen molar-refractivity contribution in [2.45, 2.75) is 82.1 Å². The molecule has 0 aromatic carbocycles. The summed E-state index contributed by atoms with van der Waals surface area (Å²) in [6.45, 7) is 23.8. The van der Waals surface area contributed by atoms with Gasteiger partial charge in [-0.05, 0) is 40.9 Å². The minimum Gasteiger partial charge on any atom is -0.0620 e. The van der Waals surface area contributed by atoms with Crippen LogP contribution in [-0.2, 0) is 0 Å². The Labute approximate surface area is 111 Å². The van der Waals surface area contributed by atoms with Crippen molar-refractivity contribution in [1.29, 1.82) is 0 Å². The lowest BCUT2D eigenvalue weighted by Gasteiger charge is -2.40. The normalized spacial score (nSPS) is 18.0. The molecule has 0 aliphatic carbocycles. The molecule has 0 aromatic rings. The first-order valence-corrected chi connectivity index (χ1v) is 7.23. The number of hydrogen-bond acceptors (Lipinski definition) is 0. The van der Waals surface area contributed by atoms with Crippen molar-refractivity contribution in [1.82, 2.24) is 0 Å². The fourth-order valence-corrected chi connectivity index (χ4v) is 2.26. The van der Waals surface area contributed by atoms with Crippen molar-refractivity contribution < 1.29 is 0 Å². The van der Waals surface area contributed by atoms with E-state index in [2.05, 4.69) is 69.2 Å². The van der Waals surface area contributed by atoms with Crippen molar-refractivity contribution in [2.24, 2.45) is 28.1 Å². The number of rotatable bonds is 3. The molecule has 0 fully saturated rings. The molecule has 17 heavy (non-hydrogen) atoms. The van der Waals surface area contributed by atoms with Gasteiger partial charge in [-0.15, -0.1) is 0 Å². The first kappa shape index (κ1) is 17.0. The minimum absolute atomic E-state index is 0.423. The molecule has 0 radical (unpaired) electrons. The first-order valence-electron chi connectivity index (χ1n) is 7.23. The molecule has 0 aliphatic heterocycles. The zero-order valence-corrected chi connectivity index (χ0v) is 14.1. The Morgan fingerprint density at radius 1 is 0.706 bits per heavy atom. The smallest absolute Gasteiger partial charge is 0.0354 e. The third kappa shape index (κ3) is 7.11. The molecule has 0 rings (SSSR count). The van der Waals surface area contributed by atoms with Gasteiger partial charge in [0.05, 0.1) is 0 Å². The van der Waals surface area contributed by atoms with Gasteiger partial charge < -0.3 is 0 Å². The average Bonchev–Trinajstić information content (AvgIpc) is 1.96. The van der Waals surface area contributed by atoms with Crippen LogP contribution in [0.1, 0.15) is 82.1 Å².